The van der Waals surface area contributed by atoms with Crippen LogP contribution in [-0.2, 0) is 4.79 Å². The minimum Gasteiger partial charge on any atom is -0.393 e. The number of aliphatic hydroxyl groups is 1. The topological polar surface area (TPSA) is 95.3 Å². The molecule has 2 aromatic carbocycles. The van der Waals surface area contributed by atoms with Crippen LogP contribution in [0.25, 0.3) is 22.2 Å². The fraction of sp³-hybridized carbons (Fsp3) is 0.370. The third-order valence-corrected chi connectivity index (χ3v) is 7.16. The molecule has 2 aromatic heterocycles. The van der Waals surface area contributed by atoms with Crippen molar-refractivity contribution in [2.24, 2.45) is 0 Å². The van der Waals surface area contributed by atoms with Crippen molar-refractivity contribution in [1.29, 1.82) is 0 Å². The minimum atomic E-state index is -0.554. The maximum Gasteiger partial charge on any atom is 0.227 e. The van der Waals surface area contributed by atoms with Crippen molar-refractivity contribution in [1.82, 2.24) is 15.1 Å². The Hall–Kier alpha value is -3.23. The van der Waals surface area contributed by atoms with Crippen LogP contribution in [0.15, 0.2) is 40.9 Å². The third-order valence-electron chi connectivity index (χ3n) is 6.86. The van der Waals surface area contributed by atoms with E-state index >= 15 is 0 Å². The van der Waals surface area contributed by atoms with Gasteiger partial charge < -0.3 is 19.5 Å². The fourth-order valence-electron chi connectivity index (χ4n) is 5.04. The summed E-state index contributed by atoms with van der Waals surface area (Å²) in [6.07, 6.45) is 5.57. The molecule has 0 bridgehead atoms. The van der Waals surface area contributed by atoms with Gasteiger partial charge in [-0.15, -0.1) is 0 Å². The van der Waals surface area contributed by atoms with Gasteiger partial charge in [0.25, 0.3) is 0 Å². The molecule has 3 heterocycles. The molecule has 9 heteroatoms. The Kier molecular flexibility index (Phi) is 6.81. The molecule has 0 spiro atoms. The zero-order valence-electron chi connectivity index (χ0n) is 20.2. The molecular weight excluding hydrogens is 483 g/mol. The van der Waals surface area contributed by atoms with Crippen LogP contribution >= 0.6 is 11.6 Å². The molecule has 1 aliphatic carbocycles. The largest absolute Gasteiger partial charge is 0.393 e. The lowest BCUT2D eigenvalue weighted by Crippen LogP contribution is -2.28. The van der Waals surface area contributed by atoms with Crippen molar-refractivity contribution in [3.63, 3.8) is 0 Å². The molecule has 2 aliphatic rings. The van der Waals surface area contributed by atoms with Crippen LogP contribution in [0.1, 0.15) is 61.8 Å². The number of nitrogens with zero attached hydrogens (tertiary/aromatic N) is 3. The van der Waals surface area contributed by atoms with E-state index in [2.05, 4.69) is 10.1 Å². The Morgan fingerprint density at radius 3 is 2.56 bits per heavy atom. The van der Waals surface area contributed by atoms with Gasteiger partial charge in [0.1, 0.15) is 17.4 Å². The second kappa shape index (κ2) is 10.0. The first-order chi connectivity index (χ1) is 17.3. The van der Waals surface area contributed by atoms with Crippen molar-refractivity contribution in [2.75, 3.05) is 4.90 Å². The van der Waals surface area contributed by atoms with Crippen LogP contribution in [0.2, 0.25) is 5.02 Å². The predicted molar refractivity (Wildman–Crippen MR) is 136 cm³/mol. The number of amides is 1. The Balaban J connectivity index is 0.000000391. The first kappa shape index (κ1) is 24.5. The standard InChI is InChI=1S/C22H18ClFN4O2.C5H10O/c1-11-21(12(2)30-27-11)13-3-6-17-18(9-13)26-22(25-17)19-7-8-20(29)28(19)14-4-5-15(23)16(24)10-14;6-5-3-1-2-4-5/h3-6,9-10,19H,7-8H2,1-2H3,(H,25,26);5-6H,1-4H2/t19-;/m0./s1. The number of rotatable bonds is 3. The van der Waals surface area contributed by atoms with Crippen LogP contribution < -0.4 is 4.90 Å². The summed E-state index contributed by atoms with van der Waals surface area (Å²) in [4.78, 5) is 22.2. The number of carbonyl (C=O) groups excluding carboxylic acids is 1. The summed E-state index contributed by atoms with van der Waals surface area (Å²) >= 11 is 5.80. The first-order valence-corrected chi connectivity index (χ1v) is 12.6. The second-order valence-corrected chi connectivity index (χ2v) is 9.82. The Morgan fingerprint density at radius 2 is 1.92 bits per heavy atom. The molecule has 4 aromatic rings. The van der Waals surface area contributed by atoms with E-state index in [9.17, 15) is 9.18 Å². The summed E-state index contributed by atoms with van der Waals surface area (Å²) in [5.74, 6) is 0.797. The van der Waals surface area contributed by atoms with E-state index in [4.69, 9.17) is 26.2 Å². The number of carbonyl (C=O) groups is 1. The van der Waals surface area contributed by atoms with Gasteiger partial charge in [0.2, 0.25) is 5.91 Å². The van der Waals surface area contributed by atoms with Gasteiger partial charge in [-0.25, -0.2) is 9.37 Å². The summed E-state index contributed by atoms with van der Waals surface area (Å²) < 4.78 is 19.3. The monoisotopic (exact) mass is 510 g/mol. The molecule has 1 atom stereocenters. The van der Waals surface area contributed by atoms with Crippen LogP contribution in [0.5, 0.6) is 0 Å². The van der Waals surface area contributed by atoms with Gasteiger partial charge in [0, 0.05) is 17.7 Å². The lowest BCUT2D eigenvalue weighted by molar-refractivity contribution is -0.117. The van der Waals surface area contributed by atoms with E-state index in [0.29, 0.717) is 24.4 Å². The zero-order chi connectivity index (χ0) is 25.4. The maximum absolute atomic E-state index is 14.0. The highest BCUT2D eigenvalue weighted by molar-refractivity contribution is 6.30. The van der Waals surface area contributed by atoms with Gasteiger partial charge in [0.05, 0.1) is 33.9 Å². The zero-order valence-corrected chi connectivity index (χ0v) is 21.0. The number of aliphatic hydroxyl groups excluding tert-OH is 1. The fourth-order valence-corrected chi connectivity index (χ4v) is 5.16. The number of benzene rings is 2. The van der Waals surface area contributed by atoms with Gasteiger partial charge in [-0.05, 0) is 69.0 Å². The van der Waals surface area contributed by atoms with E-state index in [1.54, 1.807) is 11.0 Å². The minimum absolute atomic E-state index is 0.0255. The SMILES string of the molecule is Cc1noc(C)c1-c1ccc2nc([C@@H]3CCC(=O)N3c3ccc(Cl)c(F)c3)[nH]c2c1.OC1CCCC1. The van der Waals surface area contributed by atoms with Gasteiger partial charge in [-0.3, -0.25) is 4.79 Å². The summed E-state index contributed by atoms with van der Waals surface area (Å²) in [5, 5.41) is 12.8. The molecule has 2 N–H and O–H groups in total. The molecule has 1 saturated heterocycles. The number of hydrogen-bond donors (Lipinski definition) is 2. The molecular formula is C27H28ClFN4O3. The van der Waals surface area contributed by atoms with Crippen LogP contribution in [-0.4, -0.2) is 32.2 Å². The summed E-state index contributed by atoms with van der Waals surface area (Å²) in [7, 11) is 0. The average Bonchev–Trinajstić information content (AvgIpc) is 3.64. The van der Waals surface area contributed by atoms with Crippen LogP contribution in [0.4, 0.5) is 10.1 Å². The predicted octanol–water partition coefficient (Wildman–Crippen LogP) is 6.42. The van der Waals surface area contributed by atoms with E-state index in [1.165, 1.54) is 25.0 Å². The first-order valence-electron chi connectivity index (χ1n) is 12.2. The molecule has 0 unspecified atom stereocenters. The van der Waals surface area contributed by atoms with Crippen LogP contribution in [0, 0.1) is 19.7 Å². The lowest BCUT2D eigenvalue weighted by Gasteiger charge is -2.23. The maximum atomic E-state index is 14.0. The number of fused-ring (bicyclic) bond motifs is 1. The summed E-state index contributed by atoms with van der Waals surface area (Å²) in [6.45, 7) is 3.78. The second-order valence-electron chi connectivity index (χ2n) is 9.41. The number of hydrogen-bond acceptors (Lipinski definition) is 5. The molecule has 7 nitrogen and oxygen atoms in total. The van der Waals surface area contributed by atoms with E-state index in [-0.39, 0.29) is 23.1 Å². The van der Waals surface area contributed by atoms with Gasteiger partial charge in [0.15, 0.2) is 0 Å². The molecule has 6 rings (SSSR count). The van der Waals surface area contributed by atoms with E-state index in [1.807, 2.05) is 32.0 Å². The van der Waals surface area contributed by atoms with Crippen molar-refractivity contribution >= 4 is 34.2 Å². The number of halogens is 2. The molecule has 1 saturated carbocycles. The smallest absolute Gasteiger partial charge is 0.227 e. The highest BCUT2D eigenvalue weighted by atomic mass is 35.5. The van der Waals surface area contributed by atoms with Gasteiger partial charge >= 0.3 is 0 Å². The van der Waals surface area contributed by atoms with Gasteiger partial charge in [-0.2, -0.15) is 0 Å². The molecule has 1 amide bonds. The highest BCUT2D eigenvalue weighted by Gasteiger charge is 2.35. The van der Waals surface area contributed by atoms with E-state index < -0.39 is 5.82 Å². The summed E-state index contributed by atoms with van der Waals surface area (Å²) in [6, 6.07) is 10.0. The van der Waals surface area contributed by atoms with Crippen molar-refractivity contribution < 1.29 is 18.8 Å². The summed E-state index contributed by atoms with van der Waals surface area (Å²) in [5.41, 5.74) is 4.88. The van der Waals surface area contributed by atoms with Gasteiger partial charge in [-0.1, -0.05) is 35.7 Å². The molecule has 0 radical (unpaired) electrons. The number of anilines is 1. The van der Waals surface area contributed by atoms with Crippen molar-refractivity contribution in [3.05, 3.63) is 64.5 Å². The number of H-pyrrole nitrogens is 1. The Morgan fingerprint density at radius 1 is 1.14 bits per heavy atom. The average molecular weight is 511 g/mol. The number of imidazole rings is 1. The Labute approximate surface area is 213 Å². The normalized spacial score (nSPS) is 18.2. The molecule has 1 aliphatic heterocycles. The number of aromatic nitrogens is 3. The highest BCUT2D eigenvalue weighted by Crippen LogP contribution is 2.38. The van der Waals surface area contributed by atoms with Crippen LogP contribution in [0.3, 0.4) is 0 Å². The quantitative estimate of drug-likeness (QED) is 0.332. The Bertz CT molecular complexity index is 1390. The molecule has 36 heavy (non-hydrogen) atoms. The van der Waals surface area contributed by atoms with Crippen molar-refractivity contribution in [3.8, 4) is 11.1 Å². The lowest BCUT2D eigenvalue weighted by atomic mass is 10.0. The third kappa shape index (κ3) is 4.75. The molecule has 188 valence electrons. The number of aryl methyl sites for hydroxylation is 2. The number of nitrogens with one attached hydrogen (secondary N) is 1. The van der Waals surface area contributed by atoms with E-state index in [0.717, 1.165) is 46.5 Å². The number of aromatic amines is 1. The van der Waals surface area contributed by atoms with Crippen molar-refractivity contribution in [2.45, 2.75) is 64.5 Å². The molecule has 2 fully saturated rings.